The van der Waals surface area contributed by atoms with Crippen LogP contribution in [-0.2, 0) is 16.1 Å². The summed E-state index contributed by atoms with van der Waals surface area (Å²) in [5.41, 5.74) is 2.76. The lowest BCUT2D eigenvalue weighted by molar-refractivity contribution is -0.125. The molecule has 1 atom stereocenters. The van der Waals surface area contributed by atoms with Crippen molar-refractivity contribution in [3.8, 4) is 0 Å². The van der Waals surface area contributed by atoms with Gasteiger partial charge in [-0.15, -0.1) is 0 Å². The molecule has 2 heterocycles. The molecule has 152 valence electrons. The molecule has 1 N–H and O–H groups in total. The highest BCUT2D eigenvalue weighted by molar-refractivity contribution is 6.32. The van der Waals surface area contributed by atoms with Crippen LogP contribution in [0.5, 0.6) is 0 Å². The summed E-state index contributed by atoms with van der Waals surface area (Å²) in [4.78, 5) is 24.5. The second kappa shape index (κ2) is 8.96. The molecule has 1 amide bonds. The molecule has 3 aromatic rings. The van der Waals surface area contributed by atoms with Gasteiger partial charge in [0.1, 0.15) is 16.5 Å². The van der Waals surface area contributed by atoms with E-state index in [1.807, 2.05) is 31.2 Å². The Labute approximate surface area is 173 Å². The van der Waals surface area contributed by atoms with Gasteiger partial charge in [0.05, 0.1) is 24.5 Å². The van der Waals surface area contributed by atoms with Crippen LogP contribution in [0.25, 0.3) is 0 Å². The molecule has 0 radical (unpaired) electrons. The predicted octanol–water partition coefficient (Wildman–Crippen LogP) is 3.83. The molecule has 0 bridgehead atoms. The summed E-state index contributed by atoms with van der Waals surface area (Å²) in [6, 6.07) is 11.1. The van der Waals surface area contributed by atoms with E-state index >= 15 is 0 Å². The van der Waals surface area contributed by atoms with Gasteiger partial charge < -0.3 is 14.5 Å². The van der Waals surface area contributed by atoms with Gasteiger partial charge in [0, 0.05) is 0 Å². The summed E-state index contributed by atoms with van der Waals surface area (Å²) in [6.07, 6.45) is 1.52. The van der Waals surface area contributed by atoms with E-state index in [-0.39, 0.29) is 16.8 Å². The summed E-state index contributed by atoms with van der Waals surface area (Å²) >= 11 is 6.36. The Balaban J connectivity index is 1.61. The smallest absolute Gasteiger partial charge is 0.343 e. The number of carbonyl (C=O) groups excluding carboxylic acids is 2. The quantitative estimate of drug-likeness (QED) is 0.592. The van der Waals surface area contributed by atoms with Gasteiger partial charge in [-0.2, -0.15) is 5.10 Å². The first-order chi connectivity index (χ1) is 13.8. The van der Waals surface area contributed by atoms with Crippen molar-refractivity contribution >= 4 is 23.5 Å². The van der Waals surface area contributed by atoms with E-state index in [0.717, 1.165) is 11.1 Å². The number of aryl methyl sites for hydroxylation is 2. The van der Waals surface area contributed by atoms with Crippen molar-refractivity contribution in [2.24, 2.45) is 0 Å². The van der Waals surface area contributed by atoms with Crippen LogP contribution >= 0.6 is 11.6 Å². The largest absolute Gasteiger partial charge is 0.467 e. The molecule has 0 aliphatic rings. The number of ether oxygens (including phenoxy) is 1. The van der Waals surface area contributed by atoms with Gasteiger partial charge in [-0.25, -0.2) is 9.48 Å². The third-order valence-electron chi connectivity index (χ3n) is 4.40. The fraction of sp³-hybridized carbons (Fsp3) is 0.286. The number of hydrogen-bond donors (Lipinski definition) is 1. The fourth-order valence-electron chi connectivity index (χ4n) is 2.85. The zero-order chi connectivity index (χ0) is 21.0. The van der Waals surface area contributed by atoms with Crippen LogP contribution in [0.4, 0.5) is 0 Å². The molecule has 0 aliphatic heterocycles. The number of aromatic nitrogens is 2. The van der Waals surface area contributed by atoms with Crippen LogP contribution in [0.15, 0.2) is 47.1 Å². The molecule has 0 saturated heterocycles. The Kier molecular flexibility index (Phi) is 6.39. The Morgan fingerprint density at radius 1 is 1.24 bits per heavy atom. The number of rotatable bonds is 7. The summed E-state index contributed by atoms with van der Waals surface area (Å²) in [6.45, 7) is 5.45. The van der Waals surface area contributed by atoms with Crippen molar-refractivity contribution in [1.29, 1.82) is 0 Å². The maximum Gasteiger partial charge on any atom is 0.343 e. The third-order valence-corrected chi connectivity index (χ3v) is 4.79. The number of hydrogen-bond acceptors (Lipinski definition) is 5. The molecular weight excluding hydrogens is 394 g/mol. The monoisotopic (exact) mass is 415 g/mol. The number of carbonyl (C=O) groups is 2. The molecule has 3 rings (SSSR count). The lowest BCUT2D eigenvalue weighted by atomic mass is 10.1. The highest BCUT2D eigenvalue weighted by atomic mass is 35.5. The normalized spacial score (nSPS) is 11.9. The van der Waals surface area contributed by atoms with E-state index in [1.54, 1.807) is 26.0 Å². The molecule has 0 unspecified atom stereocenters. The minimum Gasteiger partial charge on any atom is -0.467 e. The Hall–Kier alpha value is -3.06. The lowest BCUT2D eigenvalue weighted by Gasteiger charge is -2.11. The topological polar surface area (TPSA) is 86.4 Å². The zero-order valence-electron chi connectivity index (χ0n) is 16.4. The van der Waals surface area contributed by atoms with Gasteiger partial charge >= 0.3 is 5.97 Å². The minimum absolute atomic E-state index is 0.158. The van der Waals surface area contributed by atoms with Gasteiger partial charge in [0.15, 0.2) is 6.61 Å². The molecule has 2 aromatic heterocycles. The maximum atomic E-state index is 12.5. The number of esters is 1. The van der Waals surface area contributed by atoms with Gasteiger partial charge in [-0.05, 0) is 38.5 Å². The lowest BCUT2D eigenvalue weighted by Crippen LogP contribution is -2.31. The second-order valence-electron chi connectivity index (χ2n) is 6.78. The summed E-state index contributed by atoms with van der Waals surface area (Å²) in [7, 11) is 0. The first kappa shape index (κ1) is 20.7. The van der Waals surface area contributed by atoms with Crippen molar-refractivity contribution in [2.45, 2.75) is 33.4 Å². The van der Waals surface area contributed by atoms with Crippen molar-refractivity contribution in [3.63, 3.8) is 0 Å². The van der Waals surface area contributed by atoms with Crippen LogP contribution in [0, 0.1) is 13.8 Å². The van der Waals surface area contributed by atoms with E-state index in [0.29, 0.717) is 18.0 Å². The molecular formula is C21H22ClN3O4. The maximum absolute atomic E-state index is 12.5. The van der Waals surface area contributed by atoms with Crippen molar-refractivity contribution in [2.75, 3.05) is 6.61 Å². The van der Waals surface area contributed by atoms with Crippen LogP contribution in [-0.4, -0.2) is 28.3 Å². The number of benzene rings is 1. The molecule has 1 aromatic carbocycles. The number of furan rings is 1. The third kappa shape index (κ3) is 5.06. The summed E-state index contributed by atoms with van der Waals surface area (Å²) < 4.78 is 11.9. The van der Waals surface area contributed by atoms with Crippen LogP contribution in [0.1, 0.15) is 45.9 Å². The Morgan fingerprint density at radius 3 is 2.62 bits per heavy atom. The number of halogens is 1. The van der Waals surface area contributed by atoms with Gasteiger partial charge in [-0.1, -0.05) is 41.4 Å². The van der Waals surface area contributed by atoms with Crippen molar-refractivity contribution < 1.29 is 18.7 Å². The van der Waals surface area contributed by atoms with E-state index in [2.05, 4.69) is 10.4 Å². The van der Waals surface area contributed by atoms with Gasteiger partial charge in [-0.3, -0.25) is 4.79 Å². The van der Waals surface area contributed by atoms with Gasteiger partial charge in [0.25, 0.3) is 5.91 Å². The SMILES string of the molecule is Cc1ccc(Cn2nc(C)c(C(=O)OCC(=O)N[C@H](C)c3ccco3)c2Cl)cc1. The average molecular weight is 416 g/mol. The average Bonchev–Trinajstić information content (AvgIpc) is 3.31. The number of nitrogens with zero attached hydrogens (tertiary/aromatic N) is 2. The minimum atomic E-state index is -0.691. The summed E-state index contributed by atoms with van der Waals surface area (Å²) in [5.74, 6) is -0.521. The number of amides is 1. The highest BCUT2D eigenvalue weighted by Crippen LogP contribution is 2.22. The van der Waals surface area contributed by atoms with Crippen LogP contribution in [0.3, 0.4) is 0 Å². The predicted molar refractivity (Wildman–Crippen MR) is 108 cm³/mol. The molecule has 0 saturated carbocycles. The number of nitrogens with one attached hydrogen (secondary N) is 1. The Morgan fingerprint density at radius 2 is 1.97 bits per heavy atom. The first-order valence-electron chi connectivity index (χ1n) is 9.13. The molecule has 7 nitrogen and oxygen atoms in total. The molecule has 0 aliphatic carbocycles. The van der Waals surface area contributed by atoms with Crippen LogP contribution in [0.2, 0.25) is 5.15 Å². The standard InChI is InChI=1S/C21H22ClN3O4/c1-13-6-8-16(9-7-13)11-25-20(22)19(15(3)24-25)21(27)29-12-18(26)23-14(2)17-5-4-10-28-17/h4-10,14H,11-12H2,1-3H3,(H,23,26)/t14-/m1/s1. The molecule has 0 spiro atoms. The Bertz CT molecular complexity index is 994. The second-order valence-corrected chi connectivity index (χ2v) is 7.13. The van der Waals surface area contributed by atoms with E-state index in [9.17, 15) is 9.59 Å². The van der Waals surface area contributed by atoms with Gasteiger partial charge in [0.2, 0.25) is 0 Å². The fourth-order valence-corrected chi connectivity index (χ4v) is 3.16. The van der Waals surface area contributed by atoms with Crippen molar-refractivity contribution in [3.05, 3.63) is 76.0 Å². The summed E-state index contributed by atoms with van der Waals surface area (Å²) in [5, 5.41) is 7.20. The highest BCUT2D eigenvalue weighted by Gasteiger charge is 2.23. The zero-order valence-corrected chi connectivity index (χ0v) is 17.2. The van der Waals surface area contributed by atoms with E-state index in [1.165, 1.54) is 10.9 Å². The van der Waals surface area contributed by atoms with Crippen LogP contribution < -0.4 is 5.32 Å². The molecule has 8 heteroatoms. The van der Waals surface area contributed by atoms with E-state index in [4.69, 9.17) is 20.8 Å². The first-order valence-corrected chi connectivity index (χ1v) is 9.51. The molecule has 0 fully saturated rings. The van der Waals surface area contributed by atoms with Crippen molar-refractivity contribution in [1.82, 2.24) is 15.1 Å². The molecule has 29 heavy (non-hydrogen) atoms. The van der Waals surface area contributed by atoms with E-state index < -0.39 is 18.5 Å².